The first-order valence-electron chi connectivity index (χ1n) is 7.62. The highest BCUT2D eigenvalue weighted by molar-refractivity contribution is 8.02. The van der Waals surface area contributed by atoms with E-state index in [4.69, 9.17) is 0 Å². The predicted molar refractivity (Wildman–Crippen MR) is 95.0 cm³/mol. The van der Waals surface area contributed by atoms with Crippen LogP contribution < -0.4 is 0 Å². The Morgan fingerprint density at radius 2 is 1.85 bits per heavy atom. The molecular formula is C17H30OSSi. The molecule has 0 aromatic rings. The number of rotatable bonds is 3. The zero-order valence-corrected chi connectivity index (χ0v) is 16.0. The van der Waals surface area contributed by atoms with E-state index in [-0.39, 0.29) is 5.78 Å². The molecule has 0 aromatic carbocycles. The normalized spacial score (nSPS) is 24.6. The fourth-order valence-electron chi connectivity index (χ4n) is 2.57. The Bertz CT molecular complexity index is 438. The van der Waals surface area contributed by atoms with Crippen LogP contribution in [0.2, 0.25) is 18.1 Å². The molecule has 0 amide bonds. The SMILES string of the molecule is CSC1=C(\C(C)=O)CCCC/C=C\1[Si](C)(C)C(C)(C)C. The van der Waals surface area contributed by atoms with E-state index in [1.165, 1.54) is 16.5 Å². The molecule has 0 saturated heterocycles. The number of carbonyl (C=O) groups is 1. The third kappa shape index (κ3) is 3.67. The van der Waals surface area contributed by atoms with E-state index in [2.05, 4.69) is 46.2 Å². The van der Waals surface area contributed by atoms with Crippen LogP contribution in [0.1, 0.15) is 53.4 Å². The van der Waals surface area contributed by atoms with E-state index >= 15 is 0 Å². The molecule has 0 aromatic heterocycles. The van der Waals surface area contributed by atoms with Gasteiger partial charge in [0, 0.05) is 10.5 Å². The van der Waals surface area contributed by atoms with E-state index < -0.39 is 8.07 Å². The fourth-order valence-corrected chi connectivity index (χ4v) is 6.62. The standard InChI is InChI=1S/C17H30OSSi/c1-13(18)14-11-9-8-10-12-15(16(14)19-5)20(6,7)17(2,3)4/h12H,8-11H2,1-7H3/b15-12+,16-14-. The van der Waals surface area contributed by atoms with E-state index in [1.807, 2.05) is 0 Å². The second-order valence-electron chi connectivity index (χ2n) is 7.31. The Kier molecular flexibility index (Phi) is 5.91. The summed E-state index contributed by atoms with van der Waals surface area (Å²) in [5, 5.41) is 1.82. The third-order valence-electron chi connectivity index (χ3n) is 4.93. The van der Waals surface area contributed by atoms with Gasteiger partial charge in [-0.1, -0.05) is 39.9 Å². The molecule has 1 aliphatic carbocycles. The Hall–Kier alpha value is -0.283. The third-order valence-corrected chi connectivity index (χ3v) is 11.5. The number of Topliss-reactive ketones (excluding diaryl/α,β-unsaturated/α-hetero) is 1. The highest BCUT2D eigenvalue weighted by Gasteiger charge is 2.40. The van der Waals surface area contributed by atoms with Gasteiger partial charge in [0.05, 0.1) is 8.07 Å². The summed E-state index contributed by atoms with van der Waals surface area (Å²) in [5.74, 6) is 0.265. The minimum atomic E-state index is -1.60. The van der Waals surface area contributed by atoms with Gasteiger partial charge in [0.2, 0.25) is 0 Å². The van der Waals surface area contributed by atoms with Gasteiger partial charge < -0.3 is 0 Å². The van der Waals surface area contributed by atoms with Crippen molar-refractivity contribution in [2.75, 3.05) is 6.26 Å². The number of hydrogen-bond acceptors (Lipinski definition) is 2. The monoisotopic (exact) mass is 310 g/mol. The first-order chi connectivity index (χ1) is 9.13. The van der Waals surface area contributed by atoms with Gasteiger partial charge in [-0.25, -0.2) is 0 Å². The van der Waals surface area contributed by atoms with Crippen molar-refractivity contribution in [2.45, 2.75) is 71.5 Å². The lowest BCUT2D eigenvalue weighted by Gasteiger charge is -2.40. The van der Waals surface area contributed by atoms with E-state index in [9.17, 15) is 4.79 Å². The Morgan fingerprint density at radius 1 is 1.25 bits per heavy atom. The molecule has 0 aliphatic heterocycles. The first-order valence-corrected chi connectivity index (χ1v) is 11.8. The van der Waals surface area contributed by atoms with Crippen LogP contribution in [0.25, 0.3) is 0 Å². The average Bonchev–Trinajstić information content (AvgIpc) is 2.26. The molecule has 0 bridgehead atoms. The van der Waals surface area contributed by atoms with Crippen molar-refractivity contribution < 1.29 is 4.79 Å². The van der Waals surface area contributed by atoms with Crippen LogP contribution in [0.4, 0.5) is 0 Å². The molecule has 0 heterocycles. The quantitative estimate of drug-likeness (QED) is 0.618. The molecule has 0 fully saturated rings. The van der Waals surface area contributed by atoms with Gasteiger partial charge >= 0.3 is 0 Å². The summed E-state index contributed by atoms with van der Waals surface area (Å²) in [5.41, 5.74) is 1.08. The van der Waals surface area contributed by atoms with Crippen LogP contribution in [-0.4, -0.2) is 20.1 Å². The van der Waals surface area contributed by atoms with Crippen LogP contribution in [-0.2, 0) is 4.79 Å². The zero-order chi connectivity index (χ0) is 15.6. The molecule has 0 unspecified atom stereocenters. The van der Waals surface area contributed by atoms with Gasteiger partial charge in [-0.2, -0.15) is 0 Å². The number of carbonyl (C=O) groups excluding carboxylic acids is 1. The van der Waals surface area contributed by atoms with Crippen LogP contribution >= 0.6 is 11.8 Å². The molecule has 1 rings (SSSR count). The first kappa shape index (κ1) is 17.8. The topological polar surface area (TPSA) is 17.1 Å². The minimum absolute atomic E-state index is 0.265. The van der Waals surface area contributed by atoms with E-state index in [0.717, 1.165) is 24.8 Å². The van der Waals surface area contributed by atoms with Gasteiger partial charge in [0.25, 0.3) is 0 Å². The van der Waals surface area contributed by atoms with E-state index in [0.29, 0.717) is 5.04 Å². The fraction of sp³-hybridized carbons (Fsp3) is 0.706. The lowest BCUT2D eigenvalue weighted by Crippen LogP contribution is -2.40. The smallest absolute Gasteiger partial charge is 0.156 e. The highest BCUT2D eigenvalue weighted by Crippen LogP contribution is 2.46. The van der Waals surface area contributed by atoms with Crippen LogP contribution in [0, 0.1) is 0 Å². The molecule has 0 atom stereocenters. The van der Waals surface area contributed by atoms with Gasteiger partial charge in [0.1, 0.15) is 0 Å². The van der Waals surface area contributed by atoms with Crippen LogP contribution in [0.5, 0.6) is 0 Å². The molecular weight excluding hydrogens is 280 g/mol. The summed E-state index contributed by atoms with van der Waals surface area (Å²) in [6.07, 6.45) is 9.04. The molecule has 114 valence electrons. The number of thioether (sulfide) groups is 1. The van der Waals surface area contributed by atoms with Crippen molar-refractivity contribution in [1.82, 2.24) is 0 Å². The number of ketones is 1. The molecule has 0 radical (unpaired) electrons. The van der Waals surface area contributed by atoms with Crippen LogP contribution in [0.15, 0.2) is 21.8 Å². The second-order valence-corrected chi connectivity index (χ2v) is 13.4. The molecule has 0 spiro atoms. The van der Waals surface area contributed by atoms with E-state index in [1.54, 1.807) is 18.7 Å². The summed E-state index contributed by atoms with van der Waals surface area (Å²) >= 11 is 1.78. The van der Waals surface area contributed by atoms with Crippen LogP contribution in [0.3, 0.4) is 0 Å². The maximum absolute atomic E-state index is 12.1. The molecule has 3 heteroatoms. The van der Waals surface area contributed by atoms with Gasteiger partial charge in [-0.05, 0) is 49.1 Å². The molecule has 1 aliphatic rings. The second kappa shape index (κ2) is 6.65. The Labute approximate surface area is 130 Å². The summed E-state index contributed by atoms with van der Waals surface area (Å²) in [4.78, 5) is 13.4. The molecule has 0 N–H and O–H groups in total. The maximum atomic E-state index is 12.1. The van der Waals surface area contributed by atoms with Crippen molar-refractivity contribution in [3.05, 3.63) is 21.8 Å². The average molecular weight is 311 g/mol. The largest absolute Gasteiger partial charge is 0.295 e. The maximum Gasteiger partial charge on any atom is 0.156 e. The molecule has 20 heavy (non-hydrogen) atoms. The van der Waals surface area contributed by atoms with Gasteiger partial charge in [0.15, 0.2) is 5.78 Å². The Morgan fingerprint density at radius 3 is 2.30 bits per heavy atom. The van der Waals surface area contributed by atoms with Gasteiger partial charge in [-0.3, -0.25) is 4.79 Å². The zero-order valence-electron chi connectivity index (χ0n) is 14.2. The van der Waals surface area contributed by atoms with Crippen molar-refractivity contribution in [3.63, 3.8) is 0 Å². The van der Waals surface area contributed by atoms with Gasteiger partial charge in [-0.15, -0.1) is 11.8 Å². The number of allylic oxidation sites excluding steroid dienone is 3. The molecule has 1 nitrogen and oxygen atoms in total. The van der Waals surface area contributed by atoms with Crippen molar-refractivity contribution >= 4 is 25.6 Å². The lowest BCUT2D eigenvalue weighted by atomic mass is 10.0. The van der Waals surface area contributed by atoms with Crippen molar-refractivity contribution in [1.29, 1.82) is 0 Å². The molecule has 0 saturated carbocycles. The highest BCUT2D eigenvalue weighted by atomic mass is 32.2. The number of hydrogen-bond donors (Lipinski definition) is 0. The van der Waals surface area contributed by atoms with Crippen molar-refractivity contribution in [3.8, 4) is 0 Å². The summed E-state index contributed by atoms with van der Waals surface area (Å²) in [7, 11) is -1.60. The minimum Gasteiger partial charge on any atom is -0.295 e. The summed E-state index contributed by atoms with van der Waals surface area (Å²) < 4.78 is 0. The summed E-state index contributed by atoms with van der Waals surface area (Å²) in [6, 6.07) is 0. The van der Waals surface area contributed by atoms with Crippen molar-refractivity contribution in [2.24, 2.45) is 0 Å². The lowest BCUT2D eigenvalue weighted by molar-refractivity contribution is -0.113. The Balaban J connectivity index is 3.46. The summed E-state index contributed by atoms with van der Waals surface area (Å²) in [6.45, 7) is 13.7. The predicted octanol–water partition coefficient (Wildman–Crippen LogP) is 5.74.